The second-order valence-electron chi connectivity index (χ2n) is 9.38. The van der Waals surface area contributed by atoms with Crippen molar-refractivity contribution in [3.05, 3.63) is 78.1 Å². The fraction of sp³-hybridized carbons (Fsp3) is 0.185. The molecule has 4 aromatic heterocycles. The molecule has 178 valence electrons. The second kappa shape index (κ2) is 7.67. The van der Waals surface area contributed by atoms with Gasteiger partial charge in [-0.25, -0.2) is 9.67 Å². The first-order chi connectivity index (χ1) is 17.6. The van der Waals surface area contributed by atoms with Gasteiger partial charge in [0.1, 0.15) is 11.6 Å². The maximum atomic E-state index is 13.5. The summed E-state index contributed by atoms with van der Waals surface area (Å²) >= 11 is 0. The summed E-state index contributed by atoms with van der Waals surface area (Å²) in [5.74, 6) is 2.12. The number of ketones is 1. The lowest BCUT2D eigenvalue weighted by atomic mass is 10.1. The largest absolute Gasteiger partial charge is 0.372 e. The molecule has 1 fully saturated rings. The summed E-state index contributed by atoms with van der Waals surface area (Å²) in [5.41, 5.74) is 6.75. The number of fused-ring (bicyclic) bond motifs is 2. The van der Waals surface area contributed by atoms with E-state index in [-0.39, 0.29) is 5.78 Å². The Morgan fingerprint density at radius 1 is 1.00 bits per heavy atom. The Balaban J connectivity index is 1.23. The predicted octanol–water partition coefficient (Wildman–Crippen LogP) is 4.78. The van der Waals surface area contributed by atoms with E-state index in [1.165, 1.54) is 12.8 Å². The van der Waals surface area contributed by atoms with Crippen LogP contribution in [0.15, 0.2) is 61.1 Å². The number of carbonyl (C=O) groups excluding carboxylic acids is 1. The molecule has 36 heavy (non-hydrogen) atoms. The Morgan fingerprint density at radius 3 is 2.67 bits per heavy atom. The van der Waals surface area contributed by atoms with Gasteiger partial charge in [-0.1, -0.05) is 12.1 Å². The van der Waals surface area contributed by atoms with E-state index in [0.29, 0.717) is 23.0 Å². The van der Waals surface area contributed by atoms with E-state index in [9.17, 15) is 4.79 Å². The zero-order valence-corrected chi connectivity index (χ0v) is 19.9. The van der Waals surface area contributed by atoms with E-state index in [0.717, 1.165) is 44.6 Å². The van der Waals surface area contributed by atoms with E-state index >= 15 is 0 Å². The van der Waals surface area contributed by atoms with Gasteiger partial charge in [0, 0.05) is 42.7 Å². The van der Waals surface area contributed by atoms with Crippen LogP contribution in [0.1, 0.15) is 40.6 Å². The number of aryl methyl sites for hydroxylation is 1. The molecule has 0 saturated heterocycles. The smallest absolute Gasteiger partial charge is 0.214 e. The minimum absolute atomic E-state index is 0.122. The van der Waals surface area contributed by atoms with Gasteiger partial charge >= 0.3 is 0 Å². The van der Waals surface area contributed by atoms with Crippen LogP contribution in [0.2, 0.25) is 0 Å². The highest BCUT2D eigenvalue weighted by Gasteiger charge is 2.27. The van der Waals surface area contributed by atoms with E-state index in [4.69, 9.17) is 4.98 Å². The first kappa shape index (κ1) is 20.7. The number of imidazole rings is 1. The van der Waals surface area contributed by atoms with Crippen LogP contribution < -0.4 is 5.32 Å². The molecular weight excluding hydrogens is 452 g/mol. The standard InChI is InChI=1S/C27H24N8O/c1-28-27-20(13-30-35(27)19-7-8-21-23(11-19)33-26(32-21)15-3-4-15)25(36)24-10-17-6-5-16(9-22(17)31-24)18-12-29-34(2)14-18/h5-15,28,31H,3-4H2,1-2H3,(H,32,33). The zero-order chi connectivity index (χ0) is 24.4. The number of nitrogens with one attached hydrogen (secondary N) is 3. The van der Waals surface area contributed by atoms with Crippen LogP contribution in [0, 0.1) is 0 Å². The maximum Gasteiger partial charge on any atom is 0.214 e. The number of nitrogens with zero attached hydrogens (tertiary/aromatic N) is 5. The van der Waals surface area contributed by atoms with Gasteiger partial charge in [0.15, 0.2) is 0 Å². The fourth-order valence-electron chi connectivity index (χ4n) is 4.79. The minimum Gasteiger partial charge on any atom is -0.372 e. The second-order valence-corrected chi connectivity index (χ2v) is 9.38. The summed E-state index contributed by atoms with van der Waals surface area (Å²) in [4.78, 5) is 25.0. The SMILES string of the molecule is CNc1c(C(=O)c2cc3ccc(-c4cnn(C)c4)cc3[nH]2)cnn1-c1ccc2nc(C3CC3)[nH]c2c1. The quantitative estimate of drug-likeness (QED) is 0.300. The number of benzene rings is 2. The topological polar surface area (TPSA) is 109 Å². The monoisotopic (exact) mass is 476 g/mol. The number of anilines is 1. The summed E-state index contributed by atoms with van der Waals surface area (Å²) in [6, 6.07) is 14.0. The molecule has 0 spiro atoms. The molecule has 3 N–H and O–H groups in total. The Labute approximate surface area is 206 Å². The summed E-state index contributed by atoms with van der Waals surface area (Å²) in [7, 11) is 3.70. The highest BCUT2D eigenvalue weighted by Crippen LogP contribution is 2.39. The molecule has 0 aliphatic heterocycles. The lowest BCUT2D eigenvalue weighted by Crippen LogP contribution is -2.08. The zero-order valence-electron chi connectivity index (χ0n) is 19.9. The molecule has 0 atom stereocenters. The highest BCUT2D eigenvalue weighted by atomic mass is 16.1. The third-order valence-corrected chi connectivity index (χ3v) is 6.85. The van der Waals surface area contributed by atoms with Crippen LogP contribution in [0.25, 0.3) is 38.8 Å². The number of aromatic nitrogens is 7. The molecule has 4 heterocycles. The minimum atomic E-state index is -0.122. The fourth-order valence-corrected chi connectivity index (χ4v) is 4.79. The van der Waals surface area contributed by atoms with Crippen molar-refractivity contribution in [2.75, 3.05) is 12.4 Å². The van der Waals surface area contributed by atoms with Gasteiger partial charge in [-0.3, -0.25) is 9.48 Å². The first-order valence-electron chi connectivity index (χ1n) is 12.0. The number of rotatable bonds is 6. The van der Waals surface area contributed by atoms with E-state index < -0.39 is 0 Å². The van der Waals surface area contributed by atoms with Gasteiger partial charge in [-0.2, -0.15) is 10.2 Å². The molecule has 9 heteroatoms. The normalized spacial score (nSPS) is 13.6. The Hall–Kier alpha value is -4.66. The number of hydrogen-bond donors (Lipinski definition) is 3. The molecular formula is C27H24N8O. The van der Waals surface area contributed by atoms with Crippen molar-refractivity contribution in [1.82, 2.24) is 34.5 Å². The van der Waals surface area contributed by atoms with Crippen molar-refractivity contribution in [3.8, 4) is 16.8 Å². The van der Waals surface area contributed by atoms with E-state index in [2.05, 4.69) is 25.5 Å². The molecule has 0 amide bonds. The molecule has 1 saturated carbocycles. The number of carbonyl (C=O) groups is 1. The molecule has 0 bridgehead atoms. The van der Waals surface area contributed by atoms with Crippen LogP contribution in [0.5, 0.6) is 0 Å². The Kier molecular flexibility index (Phi) is 4.41. The van der Waals surface area contributed by atoms with Crippen LogP contribution in [0.4, 0.5) is 5.82 Å². The van der Waals surface area contributed by atoms with Gasteiger partial charge in [-0.15, -0.1) is 0 Å². The molecule has 6 aromatic rings. The molecule has 7 rings (SSSR count). The summed E-state index contributed by atoms with van der Waals surface area (Å²) < 4.78 is 3.53. The lowest BCUT2D eigenvalue weighted by molar-refractivity contribution is 0.103. The van der Waals surface area contributed by atoms with Gasteiger partial charge in [0.05, 0.1) is 40.4 Å². The molecule has 0 unspecified atom stereocenters. The van der Waals surface area contributed by atoms with Crippen LogP contribution >= 0.6 is 0 Å². The Bertz CT molecular complexity index is 1780. The van der Waals surface area contributed by atoms with E-state index in [1.54, 1.807) is 22.6 Å². The van der Waals surface area contributed by atoms with Crippen molar-refractivity contribution in [3.63, 3.8) is 0 Å². The van der Waals surface area contributed by atoms with Crippen molar-refractivity contribution < 1.29 is 4.79 Å². The van der Waals surface area contributed by atoms with Crippen molar-refractivity contribution in [1.29, 1.82) is 0 Å². The third kappa shape index (κ3) is 3.31. The summed E-state index contributed by atoms with van der Waals surface area (Å²) in [6.07, 6.45) is 7.81. The van der Waals surface area contributed by atoms with Gasteiger partial charge < -0.3 is 15.3 Å². The van der Waals surface area contributed by atoms with Crippen molar-refractivity contribution in [2.24, 2.45) is 7.05 Å². The summed E-state index contributed by atoms with van der Waals surface area (Å²) in [6.45, 7) is 0. The molecule has 0 radical (unpaired) electrons. The third-order valence-electron chi connectivity index (χ3n) is 6.85. The number of aromatic amines is 2. The van der Waals surface area contributed by atoms with Crippen molar-refractivity contribution in [2.45, 2.75) is 18.8 Å². The van der Waals surface area contributed by atoms with Crippen LogP contribution in [0.3, 0.4) is 0 Å². The maximum absolute atomic E-state index is 13.5. The first-order valence-corrected chi connectivity index (χ1v) is 12.0. The molecule has 1 aliphatic rings. The van der Waals surface area contributed by atoms with Crippen LogP contribution in [-0.4, -0.2) is 47.3 Å². The Morgan fingerprint density at radius 2 is 1.89 bits per heavy atom. The average molecular weight is 477 g/mol. The average Bonchev–Trinajstić information content (AvgIpc) is 3.24. The van der Waals surface area contributed by atoms with Gasteiger partial charge in [0.2, 0.25) is 5.78 Å². The number of hydrogen-bond acceptors (Lipinski definition) is 5. The lowest BCUT2D eigenvalue weighted by Gasteiger charge is -2.08. The predicted molar refractivity (Wildman–Crippen MR) is 139 cm³/mol. The van der Waals surface area contributed by atoms with Gasteiger partial charge in [-0.05, 0) is 48.7 Å². The van der Waals surface area contributed by atoms with Crippen molar-refractivity contribution >= 4 is 33.5 Å². The van der Waals surface area contributed by atoms with E-state index in [1.807, 2.05) is 61.9 Å². The number of H-pyrrole nitrogens is 2. The molecule has 1 aliphatic carbocycles. The summed E-state index contributed by atoms with van der Waals surface area (Å²) in [5, 5.41) is 12.9. The molecule has 9 nitrogen and oxygen atoms in total. The van der Waals surface area contributed by atoms with Crippen LogP contribution in [-0.2, 0) is 7.05 Å². The highest BCUT2D eigenvalue weighted by molar-refractivity contribution is 6.13. The van der Waals surface area contributed by atoms with Gasteiger partial charge in [0.25, 0.3) is 0 Å². The molecule has 2 aromatic carbocycles.